The number of aryl methyl sites for hydroxylation is 1. The van der Waals surface area contributed by atoms with Crippen molar-refractivity contribution >= 4 is 15.9 Å². The molecule has 0 heterocycles. The summed E-state index contributed by atoms with van der Waals surface area (Å²) in [6.07, 6.45) is 1.59. The van der Waals surface area contributed by atoms with E-state index in [1.165, 1.54) is 5.56 Å². The number of hydrogen-bond acceptors (Lipinski definition) is 3. The molecule has 0 fully saturated rings. The lowest BCUT2D eigenvalue weighted by atomic mass is 10.0. The molecule has 17 heavy (non-hydrogen) atoms. The molecule has 1 aromatic carbocycles. The Morgan fingerprint density at radius 3 is 2.65 bits per heavy atom. The Kier molecular flexibility index (Phi) is 6.73. The van der Waals surface area contributed by atoms with E-state index < -0.39 is 0 Å². The normalized spacial score (nSPS) is 10.8. The maximum absolute atomic E-state index is 9.34. The van der Waals surface area contributed by atoms with Gasteiger partial charge in [0.05, 0.1) is 13.2 Å². The van der Waals surface area contributed by atoms with Gasteiger partial charge in [-0.3, -0.25) is 0 Å². The summed E-state index contributed by atoms with van der Waals surface area (Å²) in [5, 5.41) is 18.0. The summed E-state index contributed by atoms with van der Waals surface area (Å²) in [5.74, 6) is 0. The van der Waals surface area contributed by atoms with E-state index in [2.05, 4.69) is 28.9 Å². The van der Waals surface area contributed by atoms with Crippen LogP contribution in [0.2, 0.25) is 0 Å². The van der Waals surface area contributed by atoms with Crippen molar-refractivity contribution in [2.45, 2.75) is 33.0 Å². The number of aliphatic hydroxyl groups is 2. The van der Waals surface area contributed by atoms with E-state index in [1.807, 2.05) is 6.07 Å². The van der Waals surface area contributed by atoms with Crippen LogP contribution in [0.1, 0.15) is 30.0 Å². The van der Waals surface area contributed by atoms with Crippen LogP contribution >= 0.6 is 15.9 Å². The van der Waals surface area contributed by atoms with Crippen LogP contribution in [-0.4, -0.2) is 23.4 Å². The van der Waals surface area contributed by atoms with Gasteiger partial charge in [0.1, 0.15) is 0 Å². The maximum Gasteiger partial charge on any atom is 0.0720 e. The summed E-state index contributed by atoms with van der Waals surface area (Å²) in [6, 6.07) is 4.10. The molecule has 0 aliphatic carbocycles. The molecule has 1 rings (SSSR count). The Morgan fingerprint density at radius 2 is 2.06 bits per heavy atom. The number of hydrogen-bond donors (Lipinski definition) is 2. The summed E-state index contributed by atoms with van der Waals surface area (Å²) in [7, 11) is 0. The minimum Gasteiger partial charge on any atom is -0.396 e. The molecule has 0 bridgehead atoms. The fourth-order valence-electron chi connectivity index (χ4n) is 1.61. The Hall–Kier alpha value is -0.420. The molecule has 4 heteroatoms. The van der Waals surface area contributed by atoms with Crippen LogP contribution in [0.5, 0.6) is 0 Å². The summed E-state index contributed by atoms with van der Waals surface area (Å²) in [5.41, 5.74) is 3.11. The van der Waals surface area contributed by atoms with Gasteiger partial charge >= 0.3 is 0 Å². The summed E-state index contributed by atoms with van der Waals surface area (Å²) in [4.78, 5) is 0. The SMILES string of the molecule is CCc1cc(Br)c(CO)c(COCCCO)c1. The lowest BCUT2D eigenvalue weighted by molar-refractivity contribution is 0.103. The Labute approximate surface area is 111 Å². The summed E-state index contributed by atoms with van der Waals surface area (Å²) < 4.78 is 6.40. The summed E-state index contributed by atoms with van der Waals surface area (Å²) >= 11 is 3.47. The number of aliphatic hydroxyl groups excluding tert-OH is 2. The third kappa shape index (κ3) is 4.39. The molecule has 0 unspecified atom stereocenters. The van der Waals surface area contributed by atoms with Gasteiger partial charge in [0.2, 0.25) is 0 Å². The van der Waals surface area contributed by atoms with Crippen molar-refractivity contribution in [3.05, 3.63) is 33.3 Å². The van der Waals surface area contributed by atoms with E-state index in [-0.39, 0.29) is 13.2 Å². The molecule has 0 saturated heterocycles. The molecule has 0 saturated carbocycles. The fourth-order valence-corrected chi connectivity index (χ4v) is 2.29. The van der Waals surface area contributed by atoms with Crippen LogP contribution in [0.25, 0.3) is 0 Å². The van der Waals surface area contributed by atoms with Crippen LogP contribution in [0.3, 0.4) is 0 Å². The Morgan fingerprint density at radius 1 is 1.29 bits per heavy atom. The average Bonchev–Trinajstić information content (AvgIpc) is 2.34. The van der Waals surface area contributed by atoms with Crippen LogP contribution in [0.15, 0.2) is 16.6 Å². The average molecular weight is 303 g/mol. The first-order valence-electron chi connectivity index (χ1n) is 5.82. The van der Waals surface area contributed by atoms with Gasteiger partial charge in [0, 0.05) is 17.7 Å². The first-order valence-corrected chi connectivity index (χ1v) is 6.61. The highest BCUT2D eigenvalue weighted by Crippen LogP contribution is 2.24. The van der Waals surface area contributed by atoms with E-state index in [4.69, 9.17) is 9.84 Å². The lowest BCUT2D eigenvalue weighted by Crippen LogP contribution is -2.03. The van der Waals surface area contributed by atoms with E-state index >= 15 is 0 Å². The van der Waals surface area contributed by atoms with Gasteiger partial charge in [-0.1, -0.05) is 28.9 Å². The van der Waals surface area contributed by atoms with Crippen molar-refractivity contribution < 1.29 is 14.9 Å². The molecule has 0 atom stereocenters. The topological polar surface area (TPSA) is 49.7 Å². The van der Waals surface area contributed by atoms with Crippen molar-refractivity contribution in [3.8, 4) is 0 Å². The van der Waals surface area contributed by atoms with Crippen molar-refractivity contribution in [2.75, 3.05) is 13.2 Å². The second-order valence-electron chi connectivity index (χ2n) is 3.86. The predicted octanol–water partition coefficient (Wildman–Crippen LogP) is 2.40. The molecule has 0 radical (unpaired) electrons. The third-order valence-electron chi connectivity index (χ3n) is 2.62. The molecule has 2 N–H and O–H groups in total. The first-order chi connectivity index (χ1) is 8.22. The van der Waals surface area contributed by atoms with Crippen molar-refractivity contribution in [3.63, 3.8) is 0 Å². The van der Waals surface area contributed by atoms with E-state index in [0.29, 0.717) is 19.6 Å². The van der Waals surface area contributed by atoms with Crippen LogP contribution in [0.4, 0.5) is 0 Å². The minimum atomic E-state index is 0.00324. The van der Waals surface area contributed by atoms with Crippen molar-refractivity contribution in [1.29, 1.82) is 0 Å². The van der Waals surface area contributed by atoms with Gasteiger partial charge in [-0.2, -0.15) is 0 Å². The van der Waals surface area contributed by atoms with Gasteiger partial charge in [0.15, 0.2) is 0 Å². The third-order valence-corrected chi connectivity index (χ3v) is 3.33. The Bertz CT molecular complexity index is 353. The second kappa shape index (κ2) is 7.82. The van der Waals surface area contributed by atoms with Crippen LogP contribution in [0, 0.1) is 0 Å². The van der Waals surface area contributed by atoms with Gasteiger partial charge in [-0.05, 0) is 35.6 Å². The van der Waals surface area contributed by atoms with Gasteiger partial charge in [-0.25, -0.2) is 0 Å². The van der Waals surface area contributed by atoms with E-state index in [9.17, 15) is 5.11 Å². The zero-order valence-electron chi connectivity index (χ0n) is 10.1. The van der Waals surface area contributed by atoms with Gasteiger partial charge in [0.25, 0.3) is 0 Å². The number of benzene rings is 1. The quantitative estimate of drug-likeness (QED) is 0.761. The molecular formula is C13H19BrO3. The highest BCUT2D eigenvalue weighted by Gasteiger charge is 2.08. The number of rotatable bonds is 7. The first kappa shape index (κ1) is 14.6. The van der Waals surface area contributed by atoms with E-state index in [1.54, 1.807) is 0 Å². The van der Waals surface area contributed by atoms with Gasteiger partial charge in [-0.15, -0.1) is 0 Å². The molecular weight excluding hydrogens is 284 g/mol. The molecule has 0 amide bonds. The van der Waals surface area contributed by atoms with Crippen molar-refractivity contribution in [1.82, 2.24) is 0 Å². The predicted molar refractivity (Wildman–Crippen MR) is 70.8 cm³/mol. The fraction of sp³-hybridized carbons (Fsp3) is 0.538. The van der Waals surface area contributed by atoms with Crippen LogP contribution < -0.4 is 0 Å². The molecule has 96 valence electrons. The molecule has 0 aromatic heterocycles. The highest BCUT2D eigenvalue weighted by atomic mass is 79.9. The zero-order chi connectivity index (χ0) is 12.7. The molecule has 3 nitrogen and oxygen atoms in total. The second-order valence-corrected chi connectivity index (χ2v) is 4.71. The standard InChI is InChI=1S/C13H19BrO3/c1-2-10-6-11(9-17-5-3-4-15)12(8-16)13(14)7-10/h6-7,15-16H,2-5,8-9H2,1H3. The van der Waals surface area contributed by atoms with Gasteiger partial charge < -0.3 is 14.9 Å². The number of ether oxygens (including phenoxy) is 1. The van der Waals surface area contributed by atoms with E-state index in [0.717, 1.165) is 22.0 Å². The smallest absolute Gasteiger partial charge is 0.0720 e. The summed E-state index contributed by atoms with van der Waals surface area (Å²) in [6.45, 7) is 3.25. The van der Waals surface area contributed by atoms with Crippen molar-refractivity contribution in [2.24, 2.45) is 0 Å². The number of halogens is 1. The zero-order valence-corrected chi connectivity index (χ0v) is 11.7. The largest absolute Gasteiger partial charge is 0.396 e. The lowest BCUT2D eigenvalue weighted by Gasteiger charge is -2.12. The monoisotopic (exact) mass is 302 g/mol. The highest BCUT2D eigenvalue weighted by molar-refractivity contribution is 9.10. The molecule has 0 aliphatic heterocycles. The molecule has 0 spiro atoms. The minimum absolute atomic E-state index is 0.00324. The Balaban J connectivity index is 2.76. The van der Waals surface area contributed by atoms with Crippen LogP contribution in [-0.2, 0) is 24.4 Å². The molecule has 1 aromatic rings. The maximum atomic E-state index is 9.34. The molecule has 0 aliphatic rings.